The lowest BCUT2D eigenvalue weighted by molar-refractivity contribution is -0.134. The van der Waals surface area contributed by atoms with Crippen molar-refractivity contribution in [1.29, 1.82) is 0 Å². The van der Waals surface area contributed by atoms with Crippen LogP contribution >= 0.6 is 0 Å². The number of nitrogens with zero attached hydrogens (tertiary/aromatic N) is 1. The summed E-state index contributed by atoms with van der Waals surface area (Å²) in [6.07, 6.45) is 6.28. The molecule has 2 rings (SSSR count). The van der Waals surface area contributed by atoms with Crippen LogP contribution in [0.4, 0.5) is 0 Å². The summed E-state index contributed by atoms with van der Waals surface area (Å²) in [4.78, 5) is 13.7. The fourth-order valence-electron chi connectivity index (χ4n) is 3.84. The molecular weight excluding hydrogens is 198 g/mol. The Balaban J connectivity index is 2.00. The van der Waals surface area contributed by atoms with Crippen molar-refractivity contribution in [3.63, 3.8) is 0 Å². The van der Waals surface area contributed by atoms with Crippen molar-refractivity contribution in [3.8, 4) is 0 Å². The molecule has 0 saturated carbocycles. The van der Waals surface area contributed by atoms with Crippen molar-refractivity contribution in [1.82, 2.24) is 4.90 Å². The molecule has 0 N–H and O–H groups in total. The Morgan fingerprint density at radius 2 is 1.69 bits per heavy atom. The minimum Gasteiger partial charge on any atom is -0.337 e. The second kappa shape index (κ2) is 4.05. The Morgan fingerprint density at radius 1 is 1.19 bits per heavy atom. The van der Waals surface area contributed by atoms with E-state index in [0.29, 0.717) is 23.4 Å². The first-order chi connectivity index (χ1) is 7.37. The van der Waals surface area contributed by atoms with Gasteiger partial charge in [0, 0.05) is 19.0 Å². The SMILES string of the molecule is CC(=O)N1[C@@H]2CC[C@H]1CC(CC(C)(C)C)C2. The van der Waals surface area contributed by atoms with Gasteiger partial charge in [0.1, 0.15) is 0 Å². The van der Waals surface area contributed by atoms with Gasteiger partial charge in [0.15, 0.2) is 0 Å². The number of amides is 1. The van der Waals surface area contributed by atoms with Gasteiger partial charge in [0.2, 0.25) is 5.91 Å². The molecule has 2 heterocycles. The average Bonchev–Trinajstić information content (AvgIpc) is 2.36. The highest BCUT2D eigenvalue weighted by molar-refractivity contribution is 5.74. The molecule has 0 spiro atoms. The molecule has 2 aliphatic rings. The van der Waals surface area contributed by atoms with Gasteiger partial charge in [-0.3, -0.25) is 4.79 Å². The third-order valence-corrected chi connectivity index (χ3v) is 4.10. The topological polar surface area (TPSA) is 20.3 Å². The lowest BCUT2D eigenvalue weighted by atomic mass is 9.78. The fourth-order valence-corrected chi connectivity index (χ4v) is 3.84. The first kappa shape index (κ1) is 11.9. The average molecular weight is 223 g/mol. The van der Waals surface area contributed by atoms with Crippen LogP contribution in [-0.2, 0) is 4.79 Å². The van der Waals surface area contributed by atoms with Crippen molar-refractivity contribution in [2.75, 3.05) is 0 Å². The summed E-state index contributed by atoms with van der Waals surface area (Å²) in [5.41, 5.74) is 0.433. The number of rotatable bonds is 1. The summed E-state index contributed by atoms with van der Waals surface area (Å²) in [6, 6.07) is 1.12. The number of piperidine rings is 1. The first-order valence-electron chi connectivity index (χ1n) is 6.66. The highest BCUT2D eigenvalue weighted by Gasteiger charge is 2.42. The number of fused-ring (bicyclic) bond motifs is 2. The van der Waals surface area contributed by atoms with E-state index in [9.17, 15) is 4.79 Å². The van der Waals surface area contributed by atoms with E-state index in [1.165, 1.54) is 32.1 Å². The van der Waals surface area contributed by atoms with Crippen LogP contribution in [0, 0.1) is 11.3 Å². The van der Waals surface area contributed by atoms with Gasteiger partial charge < -0.3 is 4.90 Å². The van der Waals surface area contributed by atoms with Crippen molar-refractivity contribution in [3.05, 3.63) is 0 Å². The second-order valence-electron chi connectivity index (χ2n) is 6.91. The largest absolute Gasteiger partial charge is 0.337 e. The molecule has 0 aromatic rings. The predicted molar refractivity (Wildman–Crippen MR) is 66.1 cm³/mol. The number of hydrogen-bond donors (Lipinski definition) is 0. The van der Waals surface area contributed by atoms with Crippen LogP contribution in [0.15, 0.2) is 0 Å². The van der Waals surface area contributed by atoms with E-state index < -0.39 is 0 Å². The molecule has 1 unspecified atom stereocenters. The molecule has 0 aliphatic carbocycles. The minimum absolute atomic E-state index is 0.293. The molecular formula is C14H25NO. The van der Waals surface area contributed by atoms with Gasteiger partial charge in [-0.05, 0) is 43.4 Å². The summed E-state index contributed by atoms with van der Waals surface area (Å²) in [5, 5.41) is 0. The molecule has 2 bridgehead atoms. The fraction of sp³-hybridized carbons (Fsp3) is 0.929. The molecule has 2 saturated heterocycles. The zero-order valence-electron chi connectivity index (χ0n) is 11.1. The lowest BCUT2D eigenvalue weighted by Gasteiger charge is -2.40. The maximum absolute atomic E-state index is 11.6. The second-order valence-corrected chi connectivity index (χ2v) is 6.91. The molecule has 16 heavy (non-hydrogen) atoms. The van der Waals surface area contributed by atoms with E-state index in [4.69, 9.17) is 0 Å². The van der Waals surface area contributed by atoms with Crippen LogP contribution in [0.1, 0.15) is 59.8 Å². The van der Waals surface area contributed by atoms with E-state index in [2.05, 4.69) is 25.7 Å². The summed E-state index contributed by atoms with van der Waals surface area (Å²) < 4.78 is 0. The standard InChI is InChI=1S/C14H25NO/c1-10(16)15-12-5-6-13(15)8-11(7-12)9-14(2,3)4/h11-13H,5-9H2,1-4H3/t11?,12-,13+. The van der Waals surface area contributed by atoms with Crippen LogP contribution in [-0.4, -0.2) is 22.9 Å². The predicted octanol–water partition coefficient (Wildman–Crippen LogP) is 3.21. The van der Waals surface area contributed by atoms with Gasteiger partial charge in [-0.25, -0.2) is 0 Å². The molecule has 0 aromatic carbocycles. The van der Waals surface area contributed by atoms with E-state index in [1.54, 1.807) is 6.92 Å². The molecule has 0 aromatic heterocycles. The lowest BCUT2D eigenvalue weighted by Crippen LogP contribution is -2.46. The van der Waals surface area contributed by atoms with E-state index in [1.807, 2.05) is 0 Å². The summed E-state index contributed by atoms with van der Waals surface area (Å²) in [7, 11) is 0. The van der Waals surface area contributed by atoms with Gasteiger partial charge >= 0.3 is 0 Å². The summed E-state index contributed by atoms with van der Waals surface area (Å²) in [5.74, 6) is 1.13. The Labute approximate surface area is 99.4 Å². The highest BCUT2D eigenvalue weighted by Crippen LogP contribution is 2.42. The van der Waals surface area contributed by atoms with E-state index in [0.717, 1.165) is 5.92 Å². The number of carbonyl (C=O) groups is 1. The molecule has 2 nitrogen and oxygen atoms in total. The van der Waals surface area contributed by atoms with E-state index >= 15 is 0 Å². The van der Waals surface area contributed by atoms with Crippen LogP contribution < -0.4 is 0 Å². The Kier molecular flexibility index (Phi) is 3.02. The van der Waals surface area contributed by atoms with Crippen LogP contribution in [0.25, 0.3) is 0 Å². The minimum atomic E-state index is 0.293. The molecule has 2 heteroatoms. The molecule has 1 amide bonds. The molecule has 3 atom stereocenters. The van der Waals surface area contributed by atoms with E-state index in [-0.39, 0.29) is 0 Å². The monoisotopic (exact) mass is 223 g/mol. The molecule has 2 aliphatic heterocycles. The van der Waals surface area contributed by atoms with Crippen molar-refractivity contribution in [2.45, 2.75) is 71.9 Å². The molecule has 0 radical (unpaired) electrons. The van der Waals surface area contributed by atoms with Gasteiger partial charge in [-0.2, -0.15) is 0 Å². The Bertz CT molecular complexity index is 265. The summed E-state index contributed by atoms with van der Waals surface area (Å²) in [6.45, 7) is 8.71. The third kappa shape index (κ3) is 2.41. The maximum atomic E-state index is 11.6. The quantitative estimate of drug-likeness (QED) is 0.668. The highest BCUT2D eigenvalue weighted by atomic mass is 16.2. The summed E-state index contributed by atoms with van der Waals surface area (Å²) >= 11 is 0. The smallest absolute Gasteiger partial charge is 0.219 e. The van der Waals surface area contributed by atoms with Crippen molar-refractivity contribution < 1.29 is 4.79 Å². The third-order valence-electron chi connectivity index (χ3n) is 4.10. The maximum Gasteiger partial charge on any atom is 0.219 e. The van der Waals surface area contributed by atoms with Crippen LogP contribution in [0.5, 0.6) is 0 Å². The van der Waals surface area contributed by atoms with Crippen molar-refractivity contribution in [2.24, 2.45) is 11.3 Å². The van der Waals surface area contributed by atoms with Gasteiger partial charge in [-0.15, -0.1) is 0 Å². The van der Waals surface area contributed by atoms with Gasteiger partial charge in [-0.1, -0.05) is 20.8 Å². The van der Waals surface area contributed by atoms with Crippen LogP contribution in [0.3, 0.4) is 0 Å². The molecule has 92 valence electrons. The number of hydrogen-bond acceptors (Lipinski definition) is 1. The Morgan fingerprint density at radius 3 is 2.06 bits per heavy atom. The van der Waals surface area contributed by atoms with Crippen LogP contribution in [0.2, 0.25) is 0 Å². The molecule has 2 fully saturated rings. The van der Waals surface area contributed by atoms with Gasteiger partial charge in [0.05, 0.1) is 0 Å². The number of carbonyl (C=O) groups excluding carboxylic acids is 1. The van der Waals surface area contributed by atoms with Gasteiger partial charge in [0.25, 0.3) is 0 Å². The Hall–Kier alpha value is -0.530. The normalized spacial score (nSPS) is 34.2. The zero-order chi connectivity index (χ0) is 11.9. The zero-order valence-corrected chi connectivity index (χ0v) is 11.1. The van der Waals surface area contributed by atoms with Crippen molar-refractivity contribution >= 4 is 5.91 Å². The first-order valence-corrected chi connectivity index (χ1v) is 6.66.